The van der Waals surface area contributed by atoms with Gasteiger partial charge in [-0.1, -0.05) is 31.5 Å². The number of aliphatic hydroxyl groups excluding tert-OH is 1. The number of hydrogen-bond donors (Lipinski definition) is 2. The van der Waals surface area contributed by atoms with E-state index in [4.69, 9.17) is 9.84 Å². The van der Waals surface area contributed by atoms with E-state index in [1.807, 2.05) is 30.3 Å². The van der Waals surface area contributed by atoms with Crippen LogP contribution < -0.4 is 10.1 Å². The van der Waals surface area contributed by atoms with Crippen molar-refractivity contribution in [2.24, 2.45) is 5.92 Å². The molecule has 0 aliphatic rings. The minimum Gasteiger partial charge on any atom is -0.492 e. The van der Waals surface area contributed by atoms with E-state index in [0.29, 0.717) is 12.5 Å². The first-order valence-corrected chi connectivity index (χ1v) is 6.86. The maximum absolute atomic E-state index is 8.96. The Bertz CT molecular complexity index is 284. The van der Waals surface area contributed by atoms with E-state index in [2.05, 4.69) is 12.2 Å². The van der Waals surface area contributed by atoms with Gasteiger partial charge in [-0.25, -0.2) is 0 Å². The Hall–Kier alpha value is -1.06. The fraction of sp³-hybridized carbons (Fsp3) is 0.600. The van der Waals surface area contributed by atoms with Gasteiger partial charge in [-0.2, -0.15) is 0 Å². The van der Waals surface area contributed by atoms with Gasteiger partial charge in [-0.3, -0.25) is 0 Å². The number of aliphatic hydroxyl groups is 1. The highest BCUT2D eigenvalue weighted by molar-refractivity contribution is 5.20. The second-order valence-electron chi connectivity index (χ2n) is 4.53. The molecule has 3 heteroatoms. The Labute approximate surface area is 110 Å². The van der Waals surface area contributed by atoms with Crippen molar-refractivity contribution in [3.63, 3.8) is 0 Å². The average Bonchev–Trinajstić information content (AvgIpc) is 2.40. The number of para-hydroxylation sites is 1. The van der Waals surface area contributed by atoms with Gasteiger partial charge in [0.25, 0.3) is 0 Å². The zero-order chi connectivity index (χ0) is 13.1. The second kappa shape index (κ2) is 9.92. The molecule has 3 nitrogen and oxygen atoms in total. The molecular formula is C15H25NO2. The summed E-state index contributed by atoms with van der Waals surface area (Å²) in [6, 6.07) is 9.86. The zero-order valence-corrected chi connectivity index (χ0v) is 11.3. The fourth-order valence-corrected chi connectivity index (χ4v) is 2.00. The molecule has 0 saturated carbocycles. The minimum absolute atomic E-state index is 0.285. The molecule has 0 aromatic heterocycles. The van der Waals surface area contributed by atoms with Gasteiger partial charge < -0.3 is 15.2 Å². The van der Waals surface area contributed by atoms with E-state index in [1.54, 1.807) is 0 Å². The van der Waals surface area contributed by atoms with Gasteiger partial charge in [0.05, 0.1) is 0 Å². The van der Waals surface area contributed by atoms with Crippen molar-refractivity contribution in [3.05, 3.63) is 30.3 Å². The van der Waals surface area contributed by atoms with Crippen molar-refractivity contribution in [2.45, 2.75) is 26.2 Å². The van der Waals surface area contributed by atoms with Gasteiger partial charge in [0.15, 0.2) is 0 Å². The van der Waals surface area contributed by atoms with Crippen LogP contribution in [0.3, 0.4) is 0 Å². The molecule has 0 heterocycles. The van der Waals surface area contributed by atoms with Crippen molar-refractivity contribution >= 4 is 0 Å². The topological polar surface area (TPSA) is 41.5 Å². The van der Waals surface area contributed by atoms with Crippen molar-refractivity contribution < 1.29 is 9.84 Å². The summed E-state index contributed by atoms with van der Waals surface area (Å²) in [6.07, 6.45) is 3.24. The molecule has 1 aromatic rings. The summed E-state index contributed by atoms with van der Waals surface area (Å²) in [5.74, 6) is 1.50. The molecule has 1 atom stereocenters. The molecule has 0 saturated heterocycles. The highest BCUT2D eigenvalue weighted by Crippen LogP contribution is 2.09. The van der Waals surface area contributed by atoms with Crippen LogP contribution in [0.4, 0.5) is 0 Å². The van der Waals surface area contributed by atoms with E-state index in [-0.39, 0.29) is 6.61 Å². The quantitative estimate of drug-likeness (QED) is 0.628. The van der Waals surface area contributed by atoms with Gasteiger partial charge in [0, 0.05) is 13.2 Å². The fourth-order valence-electron chi connectivity index (χ4n) is 2.00. The van der Waals surface area contributed by atoms with Crippen LogP contribution in [0.2, 0.25) is 0 Å². The minimum atomic E-state index is 0.285. The van der Waals surface area contributed by atoms with Crippen LogP contribution in [0.15, 0.2) is 30.3 Å². The molecule has 0 amide bonds. The van der Waals surface area contributed by atoms with E-state index >= 15 is 0 Å². The van der Waals surface area contributed by atoms with E-state index < -0.39 is 0 Å². The molecule has 102 valence electrons. The number of hydrogen-bond acceptors (Lipinski definition) is 3. The summed E-state index contributed by atoms with van der Waals surface area (Å²) >= 11 is 0. The first-order valence-electron chi connectivity index (χ1n) is 6.86. The number of benzene rings is 1. The van der Waals surface area contributed by atoms with Crippen LogP contribution in [0.5, 0.6) is 5.75 Å². The van der Waals surface area contributed by atoms with Crippen molar-refractivity contribution in [3.8, 4) is 5.75 Å². The Morgan fingerprint density at radius 2 is 2.00 bits per heavy atom. The maximum atomic E-state index is 8.96. The largest absolute Gasteiger partial charge is 0.492 e. The Kier molecular flexibility index (Phi) is 8.26. The van der Waals surface area contributed by atoms with Gasteiger partial charge in [0.1, 0.15) is 12.4 Å². The summed E-state index contributed by atoms with van der Waals surface area (Å²) < 4.78 is 5.60. The third kappa shape index (κ3) is 6.62. The molecule has 0 fully saturated rings. The molecule has 18 heavy (non-hydrogen) atoms. The Balaban J connectivity index is 2.06. The summed E-state index contributed by atoms with van der Waals surface area (Å²) in [4.78, 5) is 0. The smallest absolute Gasteiger partial charge is 0.119 e. The average molecular weight is 251 g/mol. The Morgan fingerprint density at radius 1 is 1.22 bits per heavy atom. The Morgan fingerprint density at radius 3 is 2.67 bits per heavy atom. The number of nitrogens with one attached hydrogen (secondary N) is 1. The normalized spacial score (nSPS) is 12.3. The molecule has 1 rings (SSSR count). The summed E-state index contributed by atoms with van der Waals surface area (Å²) in [5.41, 5.74) is 0. The van der Waals surface area contributed by atoms with Crippen LogP contribution in [-0.2, 0) is 0 Å². The standard InChI is InChI=1S/C15H25NO2/c1-2-6-14(9-11-17)13-16-10-12-18-15-7-4-3-5-8-15/h3-5,7-8,14,16-17H,2,6,9-13H2,1H3. The number of ether oxygens (including phenoxy) is 1. The predicted octanol–water partition coefficient (Wildman–Crippen LogP) is 2.45. The zero-order valence-electron chi connectivity index (χ0n) is 11.3. The van der Waals surface area contributed by atoms with E-state index in [9.17, 15) is 0 Å². The van der Waals surface area contributed by atoms with Crippen LogP contribution in [0.25, 0.3) is 0 Å². The summed E-state index contributed by atoms with van der Waals surface area (Å²) in [6.45, 7) is 4.96. The molecule has 0 spiro atoms. The van der Waals surface area contributed by atoms with Gasteiger partial charge >= 0.3 is 0 Å². The van der Waals surface area contributed by atoms with Crippen LogP contribution in [-0.4, -0.2) is 31.4 Å². The van der Waals surface area contributed by atoms with Crippen molar-refractivity contribution in [1.29, 1.82) is 0 Å². The van der Waals surface area contributed by atoms with Crippen molar-refractivity contribution in [2.75, 3.05) is 26.3 Å². The molecular weight excluding hydrogens is 226 g/mol. The van der Waals surface area contributed by atoms with Crippen LogP contribution in [0, 0.1) is 5.92 Å². The van der Waals surface area contributed by atoms with Crippen molar-refractivity contribution in [1.82, 2.24) is 5.32 Å². The van der Waals surface area contributed by atoms with Crippen LogP contribution >= 0.6 is 0 Å². The molecule has 1 aromatic carbocycles. The molecule has 0 radical (unpaired) electrons. The van der Waals surface area contributed by atoms with E-state index in [1.165, 1.54) is 12.8 Å². The maximum Gasteiger partial charge on any atom is 0.119 e. The number of rotatable bonds is 10. The van der Waals surface area contributed by atoms with Gasteiger partial charge in [0.2, 0.25) is 0 Å². The highest BCUT2D eigenvalue weighted by atomic mass is 16.5. The first kappa shape index (κ1) is 15.0. The lowest BCUT2D eigenvalue weighted by Crippen LogP contribution is -2.27. The monoisotopic (exact) mass is 251 g/mol. The van der Waals surface area contributed by atoms with Gasteiger partial charge in [-0.05, 0) is 37.4 Å². The predicted molar refractivity (Wildman–Crippen MR) is 74.9 cm³/mol. The molecule has 0 aliphatic heterocycles. The molecule has 0 bridgehead atoms. The molecule has 0 aliphatic carbocycles. The first-order chi connectivity index (χ1) is 8.86. The molecule has 1 unspecified atom stereocenters. The second-order valence-corrected chi connectivity index (χ2v) is 4.53. The summed E-state index contributed by atoms with van der Waals surface area (Å²) in [7, 11) is 0. The lowest BCUT2D eigenvalue weighted by molar-refractivity contribution is 0.244. The summed E-state index contributed by atoms with van der Waals surface area (Å²) in [5, 5.41) is 12.4. The van der Waals surface area contributed by atoms with Crippen LogP contribution in [0.1, 0.15) is 26.2 Å². The third-order valence-electron chi connectivity index (χ3n) is 2.96. The highest BCUT2D eigenvalue weighted by Gasteiger charge is 2.05. The lowest BCUT2D eigenvalue weighted by atomic mass is 10.0. The lowest BCUT2D eigenvalue weighted by Gasteiger charge is -2.15. The SMILES string of the molecule is CCCC(CCO)CNCCOc1ccccc1. The van der Waals surface area contributed by atoms with E-state index in [0.717, 1.165) is 25.3 Å². The van der Waals surface area contributed by atoms with Gasteiger partial charge in [-0.15, -0.1) is 0 Å². The third-order valence-corrected chi connectivity index (χ3v) is 2.96. The molecule has 2 N–H and O–H groups in total.